The Morgan fingerprint density at radius 2 is 0.990 bits per heavy atom. The molecule has 4 aliphatic carbocycles. The van der Waals surface area contributed by atoms with Crippen LogP contribution in [-0.4, -0.2) is 147 Å². The molecule has 1 N–H and O–H groups in total. The second-order valence-electron chi connectivity index (χ2n) is 30.5. The zero-order chi connectivity index (χ0) is 71.3. The molecule has 0 bridgehead atoms. The molecule has 4 aliphatic heterocycles. The van der Waals surface area contributed by atoms with Crippen molar-refractivity contribution < 1.29 is 85.4 Å². The van der Waals surface area contributed by atoms with E-state index in [1.165, 1.54) is 0 Å². The van der Waals surface area contributed by atoms with E-state index in [4.69, 9.17) is 75.8 Å². The van der Waals surface area contributed by atoms with Gasteiger partial charge in [-0.25, -0.2) is 9.59 Å². The van der Waals surface area contributed by atoms with Gasteiger partial charge >= 0.3 is 12.2 Å². The first-order chi connectivity index (χ1) is 50.1. The van der Waals surface area contributed by atoms with Crippen LogP contribution in [-0.2, 0) is 109 Å². The summed E-state index contributed by atoms with van der Waals surface area (Å²) in [5.41, 5.74) is 13.8. The van der Waals surface area contributed by atoms with Crippen LogP contribution >= 0.6 is 0 Å². The Labute approximate surface area is 605 Å². The van der Waals surface area contributed by atoms with Crippen molar-refractivity contribution in [1.29, 1.82) is 0 Å². The third kappa shape index (κ3) is 19.0. The number of carbonyl (C=O) groups excluding carboxylic acids is 2. The molecule has 5 aromatic rings. The molecular formula is C81H104N4O18. The highest BCUT2D eigenvalue weighted by molar-refractivity contribution is 5.68. The lowest BCUT2D eigenvalue weighted by molar-refractivity contribution is -0.368. The predicted molar refractivity (Wildman–Crippen MR) is 378 cm³/mol. The fourth-order valence-corrected chi connectivity index (χ4v) is 16.3. The molecule has 5 aromatic carbocycles. The maximum Gasteiger partial charge on any atom is 0.509 e. The van der Waals surface area contributed by atoms with E-state index >= 15 is 9.59 Å². The summed E-state index contributed by atoms with van der Waals surface area (Å²) in [7, 11) is 0. The van der Waals surface area contributed by atoms with E-state index in [0.717, 1.165) is 79.2 Å². The molecule has 4 saturated heterocycles. The summed E-state index contributed by atoms with van der Waals surface area (Å²) >= 11 is 0. The van der Waals surface area contributed by atoms with Gasteiger partial charge in [-0.05, 0) is 110 Å². The molecule has 8 aliphatic rings. The molecule has 22 heteroatoms. The van der Waals surface area contributed by atoms with Gasteiger partial charge in [0.2, 0.25) is 0 Å². The van der Waals surface area contributed by atoms with Gasteiger partial charge in [-0.1, -0.05) is 197 Å². The summed E-state index contributed by atoms with van der Waals surface area (Å²) in [5, 5.41) is 7.38. The van der Waals surface area contributed by atoms with Gasteiger partial charge in [-0.2, -0.15) is 0 Å². The minimum absolute atomic E-state index is 0.00399. The zero-order valence-corrected chi connectivity index (χ0v) is 60.3. The van der Waals surface area contributed by atoms with Crippen molar-refractivity contribution in [2.75, 3.05) is 13.2 Å². The number of fused-ring (bicyclic) bond motifs is 3. The molecule has 0 radical (unpaired) electrons. The van der Waals surface area contributed by atoms with E-state index in [1.54, 1.807) is 20.8 Å². The number of amides is 1. The Hall–Kier alpha value is -6.57. The SMILES string of the molecule is CC(C)C1CC[C@@H](C)CC1OC(=O)O[C@H]1[C@H](O[C@H]2O[C@H](CN=[N+]=[N-])[C@@H](O[C@H]3O[C@H](COCc4ccccc4)[C@@H](OCc4ccccc4)[C@H](OCc4ccccc4)[C@@H]3OCc3ccccc3)[C@H](OCc3ccccc3)[C@H]2NC(=O)OC(C)(C)C)[C@H]2OC3(CCCCC3)O[C@@H]2[C@H]2OC3(CCCCC3)O[C@@H]12. The van der Waals surface area contributed by atoms with Crippen molar-refractivity contribution >= 4 is 12.2 Å². The minimum atomic E-state index is -1.56. The van der Waals surface area contributed by atoms with Gasteiger partial charge in [0.15, 0.2) is 30.3 Å². The van der Waals surface area contributed by atoms with Crippen LogP contribution in [0.1, 0.15) is 153 Å². The summed E-state index contributed by atoms with van der Waals surface area (Å²) in [4.78, 5) is 33.4. The Bertz CT molecular complexity index is 3490. The number of alkyl carbamates (subject to hydrolysis) is 1. The smallest absolute Gasteiger partial charge is 0.444 e. The van der Waals surface area contributed by atoms with Crippen LogP contribution in [0.25, 0.3) is 10.4 Å². The number of nitrogens with one attached hydrogen (secondary N) is 1. The predicted octanol–water partition coefficient (Wildman–Crippen LogP) is 14.9. The summed E-state index contributed by atoms with van der Waals surface area (Å²) in [5.74, 6) is -1.38. The third-order valence-electron chi connectivity index (χ3n) is 21.4. The number of rotatable bonds is 26. The summed E-state index contributed by atoms with van der Waals surface area (Å²) in [6, 6.07) is 47.6. The van der Waals surface area contributed by atoms with Gasteiger partial charge < -0.3 is 81.1 Å². The average Bonchev–Trinajstić information content (AvgIpc) is 1.57. The Balaban J connectivity index is 0.921. The van der Waals surface area contributed by atoms with Crippen molar-refractivity contribution in [1.82, 2.24) is 5.32 Å². The monoisotopic (exact) mass is 1420 g/mol. The normalized spacial score (nSPS) is 32.4. The maximum atomic E-state index is 15.1. The van der Waals surface area contributed by atoms with Gasteiger partial charge in [-0.15, -0.1) is 0 Å². The number of carbonyl (C=O) groups is 2. The van der Waals surface area contributed by atoms with Crippen LogP contribution in [0.15, 0.2) is 157 Å². The maximum absolute atomic E-state index is 15.1. The van der Waals surface area contributed by atoms with Crippen molar-refractivity contribution in [3.05, 3.63) is 190 Å². The fraction of sp³-hybridized carbons (Fsp3) is 0.605. The standard InChI is InChI=1S/C81H104N4O18/c1-52(2)59-39-38-53(3)44-60(59)95-78(87)98-69-68(70-72(101-80(99-70)40-24-12-25-41-80)73-71(69)100-81(102-73)42-26-13-27-43-81)97-75-63(84-77(86)103-79(4,5)6)66(90-48-56-32-18-9-19-33-56)65(61(93-75)45-83-85-82)96-76-74(92-50-58-36-22-11-23-37-58)67(91-49-57-34-20-10-21-35-57)64(89-47-55-30-16-8-17-31-55)62(94-76)51-88-46-54-28-14-7-15-29-54/h7-11,14-23,28-37,52-53,59-76H,12-13,24-27,38-51H2,1-6H3,(H,84,86)/t53-,59?,60?,61-,62-,63-,64-,65-,66-,67+,68+,69+,70-,71+,72+,73+,74+,75-,76-/m1/s1. The van der Waals surface area contributed by atoms with Crippen molar-refractivity contribution in [2.24, 2.45) is 22.9 Å². The van der Waals surface area contributed by atoms with Gasteiger partial charge in [0, 0.05) is 30.6 Å². The lowest BCUT2D eigenvalue weighted by Crippen LogP contribution is -2.70. The van der Waals surface area contributed by atoms with E-state index < -0.39 is 134 Å². The molecule has 2 spiro atoms. The summed E-state index contributed by atoms with van der Waals surface area (Å²) in [6.07, 6.45) is -8.28. The molecule has 2 unspecified atom stereocenters. The van der Waals surface area contributed by atoms with Crippen LogP contribution in [0.5, 0.6) is 0 Å². The molecule has 19 atom stereocenters. The first-order valence-electron chi connectivity index (χ1n) is 37.5. The number of ether oxygens (including phenoxy) is 16. The number of nitrogens with zero attached hydrogens (tertiary/aromatic N) is 3. The summed E-state index contributed by atoms with van der Waals surface area (Å²) < 4.78 is 114. The molecule has 4 heterocycles. The molecule has 556 valence electrons. The highest BCUT2D eigenvalue weighted by atomic mass is 16.8. The highest BCUT2D eigenvalue weighted by Crippen LogP contribution is 2.54. The van der Waals surface area contributed by atoms with Crippen LogP contribution in [0, 0.1) is 17.8 Å². The largest absolute Gasteiger partial charge is 0.509 e. The highest BCUT2D eigenvalue weighted by Gasteiger charge is 2.69. The van der Waals surface area contributed by atoms with Gasteiger partial charge in [0.05, 0.1) is 52.3 Å². The number of hydrogen-bond donors (Lipinski definition) is 1. The van der Waals surface area contributed by atoms with Gasteiger partial charge in [-0.3, -0.25) is 0 Å². The second-order valence-corrected chi connectivity index (χ2v) is 30.5. The fourth-order valence-electron chi connectivity index (χ4n) is 16.3. The van der Waals surface area contributed by atoms with Crippen molar-refractivity contribution in [3.8, 4) is 0 Å². The lowest BCUT2D eigenvalue weighted by Gasteiger charge is -2.51. The minimum Gasteiger partial charge on any atom is -0.444 e. The summed E-state index contributed by atoms with van der Waals surface area (Å²) in [6.45, 7) is 12.1. The lowest BCUT2D eigenvalue weighted by atomic mass is 9.75. The third-order valence-corrected chi connectivity index (χ3v) is 21.4. The van der Waals surface area contributed by atoms with Gasteiger partial charge in [0.1, 0.15) is 84.9 Å². The Kier molecular flexibility index (Phi) is 25.2. The molecule has 1 amide bonds. The van der Waals surface area contributed by atoms with Crippen LogP contribution in [0.3, 0.4) is 0 Å². The topological polar surface area (TPSA) is 243 Å². The quantitative estimate of drug-likeness (QED) is 0.0234. The van der Waals surface area contributed by atoms with Crippen LogP contribution in [0.4, 0.5) is 9.59 Å². The van der Waals surface area contributed by atoms with Gasteiger partial charge in [0.25, 0.3) is 0 Å². The average molecular weight is 1420 g/mol. The van der Waals surface area contributed by atoms with E-state index in [0.29, 0.717) is 38.0 Å². The molecule has 8 fully saturated rings. The molecule has 4 saturated carbocycles. The van der Waals surface area contributed by atoms with E-state index in [9.17, 15) is 5.53 Å². The van der Waals surface area contributed by atoms with Crippen molar-refractivity contribution in [3.63, 3.8) is 0 Å². The first-order valence-corrected chi connectivity index (χ1v) is 37.5. The van der Waals surface area contributed by atoms with E-state index in [-0.39, 0.29) is 58.0 Å². The number of hydrogen-bond acceptors (Lipinski definition) is 19. The Morgan fingerprint density at radius 3 is 1.50 bits per heavy atom. The number of benzene rings is 5. The molecule has 103 heavy (non-hydrogen) atoms. The molecular weight excluding hydrogens is 1320 g/mol. The second kappa shape index (κ2) is 34.8. The van der Waals surface area contributed by atoms with Crippen LogP contribution in [0.2, 0.25) is 0 Å². The molecule has 0 aromatic heterocycles. The first kappa shape index (κ1) is 74.7. The Morgan fingerprint density at radius 1 is 0.534 bits per heavy atom. The van der Waals surface area contributed by atoms with Crippen LogP contribution < -0.4 is 5.32 Å². The molecule has 13 rings (SSSR count). The van der Waals surface area contributed by atoms with Crippen molar-refractivity contribution in [2.45, 2.75) is 279 Å². The van der Waals surface area contributed by atoms with E-state index in [1.807, 2.05) is 152 Å². The zero-order valence-electron chi connectivity index (χ0n) is 60.3. The van der Waals surface area contributed by atoms with E-state index in [2.05, 4.69) is 36.1 Å². The number of azide groups is 1. The molecule has 22 nitrogen and oxygen atoms in total.